The first-order valence-corrected chi connectivity index (χ1v) is 4.20. The van der Waals surface area contributed by atoms with Crippen molar-refractivity contribution in [2.24, 2.45) is 0 Å². The summed E-state index contributed by atoms with van der Waals surface area (Å²) in [5, 5.41) is 9.00. The third kappa shape index (κ3) is 3.21. The second kappa shape index (κ2) is 4.94. The molecule has 0 aliphatic carbocycles. The third-order valence-corrected chi connectivity index (χ3v) is 1.80. The van der Waals surface area contributed by atoms with Crippen molar-refractivity contribution in [3.05, 3.63) is 35.4 Å². The zero-order chi connectivity index (χ0) is 10.4. The number of hydrogen-bond acceptors (Lipinski definition) is 2. The number of carbonyl (C=O) groups is 1. The lowest BCUT2D eigenvalue weighted by molar-refractivity contribution is -0.116. The summed E-state index contributed by atoms with van der Waals surface area (Å²) < 4.78 is 0. The summed E-state index contributed by atoms with van der Waals surface area (Å²) in [6, 6.07) is 6.64. The van der Waals surface area contributed by atoms with Gasteiger partial charge in [-0.25, -0.2) is 0 Å². The highest BCUT2D eigenvalue weighted by Gasteiger charge is 2.02. The van der Waals surface area contributed by atoms with E-state index in [1.165, 1.54) is 0 Å². The lowest BCUT2D eigenvalue weighted by atomic mass is 10.1. The Morgan fingerprint density at radius 3 is 2.64 bits per heavy atom. The van der Waals surface area contributed by atoms with Crippen molar-refractivity contribution in [2.75, 3.05) is 0 Å². The number of phenols is 1. The van der Waals surface area contributed by atoms with Gasteiger partial charge in [-0.1, -0.05) is 12.1 Å². The third-order valence-electron chi connectivity index (χ3n) is 1.80. The van der Waals surface area contributed by atoms with Crippen molar-refractivity contribution in [3.63, 3.8) is 0 Å². The summed E-state index contributed by atoms with van der Waals surface area (Å²) in [5.41, 5.74) is 9.05. The van der Waals surface area contributed by atoms with E-state index in [0.717, 1.165) is 11.8 Å². The smallest absolute Gasteiger partial charge is 0.323 e. The van der Waals surface area contributed by atoms with Gasteiger partial charge in [-0.15, -0.1) is 0 Å². The molecule has 0 amide bonds. The zero-order valence-electron chi connectivity index (χ0n) is 7.55. The van der Waals surface area contributed by atoms with Gasteiger partial charge in [0, 0.05) is 6.42 Å². The summed E-state index contributed by atoms with van der Waals surface area (Å²) in [6.07, 6.45) is 1.76. The predicted octanol–water partition coefficient (Wildman–Crippen LogP) is 1.19. The quantitative estimate of drug-likeness (QED) is 0.440. The Labute approximate surface area is 81.4 Å². The van der Waals surface area contributed by atoms with Gasteiger partial charge in [0.1, 0.15) is 5.75 Å². The number of rotatable bonds is 4. The largest absolute Gasteiger partial charge is 0.508 e. The van der Waals surface area contributed by atoms with Gasteiger partial charge in [-0.05, 0) is 24.1 Å². The van der Waals surface area contributed by atoms with Crippen LogP contribution in [0.3, 0.4) is 0 Å². The van der Waals surface area contributed by atoms with E-state index in [1.807, 2.05) is 0 Å². The SMILES string of the molecule is [N-]=[N+]=CC(=O)CCc1ccc(O)cc1. The molecule has 0 saturated heterocycles. The standard InChI is InChI=1S/C10H10N2O2/c11-12-7-10(14)6-3-8-1-4-9(13)5-2-8/h1-2,4-5,7,13H,3,6H2. The Morgan fingerprint density at radius 2 is 2.07 bits per heavy atom. The molecule has 14 heavy (non-hydrogen) atoms. The average molecular weight is 190 g/mol. The summed E-state index contributed by atoms with van der Waals surface area (Å²) in [4.78, 5) is 13.6. The molecule has 0 atom stereocenters. The molecule has 1 aromatic carbocycles. The van der Waals surface area contributed by atoms with Gasteiger partial charge < -0.3 is 10.6 Å². The first-order valence-electron chi connectivity index (χ1n) is 4.20. The average Bonchev–Trinajstić information content (AvgIpc) is 2.17. The maximum atomic E-state index is 10.9. The van der Waals surface area contributed by atoms with Gasteiger partial charge >= 0.3 is 6.21 Å². The maximum Gasteiger partial charge on any atom is 0.323 e. The molecule has 72 valence electrons. The van der Waals surface area contributed by atoms with E-state index in [-0.39, 0.29) is 11.5 Å². The molecular weight excluding hydrogens is 180 g/mol. The van der Waals surface area contributed by atoms with Crippen molar-refractivity contribution >= 4 is 12.0 Å². The van der Waals surface area contributed by atoms with Gasteiger partial charge in [0.15, 0.2) is 0 Å². The lowest BCUT2D eigenvalue weighted by Gasteiger charge is -1.97. The molecule has 0 fully saturated rings. The van der Waals surface area contributed by atoms with Crippen LogP contribution < -0.4 is 0 Å². The van der Waals surface area contributed by atoms with E-state index >= 15 is 0 Å². The van der Waals surface area contributed by atoms with Gasteiger partial charge in [-0.3, -0.25) is 4.79 Å². The van der Waals surface area contributed by atoms with Crippen LogP contribution in [0.25, 0.3) is 5.53 Å². The monoisotopic (exact) mass is 190 g/mol. The molecule has 0 aliphatic rings. The van der Waals surface area contributed by atoms with Crippen molar-refractivity contribution in [3.8, 4) is 5.75 Å². The van der Waals surface area contributed by atoms with Crippen LogP contribution in [0.15, 0.2) is 24.3 Å². The van der Waals surface area contributed by atoms with E-state index in [1.54, 1.807) is 24.3 Å². The van der Waals surface area contributed by atoms with Crippen LogP contribution in [0.1, 0.15) is 12.0 Å². The number of aryl methyl sites for hydroxylation is 1. The minimum Gasteiger partial charge on any atom is -0.508 e. The molecule has 0 unspecified atom stereocenters. The summed E-state index contributed by atoms with van der Waals surface area (Å²) >= 11 is 0. The second-order valence-electron chi connectivity index (χ2n) is 2.88. The van der Waals surface area contributed by atoms with Gasteiger partial charge in [0.25, 0.3) is 0 Å². The highest BCUT2D eigenvalue weighted by Crippen LogP contribution is 2.10. The first-order chi connectivity index (χ1) is 6.72. The van der Waals surface area contributed by atoms with E-state index in [9.17, 15) is 4.79 Å². The van der Waals surface area contributed by atoms with Crippen LogP contribution in [-0.2, 0) is 11.2 Å². The highest BCUT2D eigenvalue weighted by atomic mass is 16.3. The molecule has 0 bridgehead atoms. The van der Waals surface area contributed by atoms with Crippen molar-refractivity contribution in [1.29, 1.82) is 0 Å². The molecule has 0 aromatic heterocycles. The molecule has 4 heteroatoms. The molecule has 0 spiro atoms. The molecule has 0 radical (unpaired) electrons. The number of phenolic OH excluding ortho intramolecular Hbond substituents is 1. The van der Waals surface area contributed by atoms with Gasteiger partial charge in [-0.2, -0.15) is 4.79 Å². The number of ketones is 1. The Bertz CT molecular complexity index is 364. The Balaban J connectivity index is 2.49. The fourth-order valence-electron chi connectivity index (χ4n) is 1.06. The minimum atomic E-state index is -0.222. The molecule has 1 aromatic rings. The Hall–Kier alpha value is -1.93. The molecule has 0 aliphatic heterocycles. The minimum absolute atomic E-state index is 0.206. The fourth-order valence-corrected chi connectivity index (χ4v) is 1.06. The van der Waals surface area contributed by atoms with Crippen LogP contribution >= 0.6 is 0 Å². The number of nitrogens with zero attached hydrogens (tertiary/aromatic N) is 2. The Kier molecular flexibility index (Phi) is 3.58. The number of benzene rings is 1. The molecule has 4 nitrogen and oxygen atoms in total. The molecule has 1 N–H and O–H groups in total. The van der Waals surface area contributed by atoms with Crippen LogP contribution in [0.4, 0.5) is 0 Å². The van der Waals surface area contributed by atoms with E-state index in [2.05, 4.69) is 4.79 Å². The number of carbonyl (C=O) groups excluding carboxylic acids is 1. The summed E-state index contributed by atoms with van der Waals surface area (Å²) in [6.45, 7) is 0. The van der Waals surface area contributed by atoms with Crippen molar-refractivity contribution in [2.45, 2.75) is 12.8 Å². The summed E-state index contributed by atoms with van der Waals surface area (Å²) in [5.74, 6) is -0.0161. The Morgan fingerprint density at radius 1 is 1.43 bits per heavy atom. The zero-order valence-corrected chi connectivity index (χ0v) is 7.55. The molecule has 1 rings (SSSR count). The number of Topliss-reactive ketones (excluding diaryl/α,β-unsaturated/α-hetero) is 1. The molecule has 0 saturated carbocycles. The van der Waals surface area contributed by atoms with E-state index in [4.69, 9.17) is 10.6 Å². The van der Waals surface area contributed by atoms with Crippen molar-refractivity contribution in [1.82, 2.24) is 0 Å². The maximum absolute atomic E-state index is 10.9. The highest BCUT2D eigenvalue weighted by molar-refractivity contribution is 6.25. The normalized spacial score (nSPS) is 9.14. The van der Waals surface area contributed by atoms with Gasteiger partial charge in [0.05, 0.1) is 0 Å². The van der Waals surface area contributed by atoms with Crippen molar-refractivity contribution < 1.29 is 14.7 Å². The van der Waals surface area contributed by atoms with Crippen LogP contribution in [0.2, 0.25) is 0 Å². The summed E-state index contributed by atoms with van der Waals surface area (Å²) in [7, 11) is 0. The second-order valence-corrected chi connectivity index (χ2v) is 2.88. The predicted molar refractivity (Wildman–Crippen MR) is 51.1 cm³/mol. The topological polar surface area (TPSA) is 73.7 Å². The van der Waals surface area contributed by atoms with Crippen LogP contribution in [0, 0.1) is 0 Å². The van der Waals surface area contributed by atoms with Gasteiger partial charge in [0.2, 0.25) is 5.78 Å². The molecule has 0 heterocycles. The number of aromatic hydroxyl groups is 1. The van der Waals surface area contributed by atoms with E-state index < -0.39 is 0 Å². The van der Waals surface area contributed by atoms with Crippen LogP contribution in [0.5, 0.6) is 5.75 Å². The molecular formula is C10H10N2O2. The number of hydrogen-bond donors (Lipinski definition) is 1. The fraction of sp³-hybridized carbons (Fsp3) is 0.200. The van der Waals surface area contributed by atoms with Crippen LogP contribution in [-0.4, -0.2) is 21.9 Å². The first kappa shape index (κ1) is 10.2. The lowest BCUT2D eigenvalue weighted by Crippen LogP contribution is -2.01. The van der Waals surface area contributed by atoms with E-state index in [0.29, 0.717) is 12.8 Å².